The zero-order valence-corrected chi connectivity index (χ0v) is 8.84. The highest BCUT2D eigenvalue weighted by molar-refractivity contribution is 5.83. The van der Waals surface area contributed by atoms with Gasteiger partial charge in [-0.2, -0.15) is 0 Å². The van der Waals surface area contributed by atoms with Crippen molar-refractivity contribution in [2.45, 2.75) is 13.0 Å². The Morgan fingerprint density at radius 2 is 2.12 bits per heavy atom. The van der Waals surface area contributed by atoms with Gasteiger partial charge >= 0.3 is 0 Å². The van der Waals surface area contributed by atoms with Crippen molar-refractivity contribution in [2.24, 2.45) is 0 Å². The first-order valence-electron chi connectivity index (χ1n) is 4.55. The van der Waals surface area contributed by atoms with Crippen molar-refractivity contribution in [2.75, 3.05) is 18.1 Å². The van der Waals surface area contributed by atoms with Crippen LogP contribution in [0, 0.1) is 11.6 Å². The van der Waals surface area contributed by atoms with Crippen LogP contribution in [0.2, 0.25) is 0 Å². The van der Waals surface area contributed by atoms with Gasteiger partial charge in [0.25, 0.3) is 0 Å². The molecule has 1 aromatic heterocycles. The van der Waals surface area contributed by atoms with E-state index in [1.54, 1.807) is 0 Å². The van der Waals surface area contributed by atoms with Crippen molar-refractivity contribution in [1.29, 1.82) is 0 Å². The Labute approximate surface area is 91.0 Å². The van der Waals surface area contributed by atoms with Gasteiger partial charge in [-0.15, -0.1) is 0 Å². The Morgan fingerprint density at radius 3 is 2.69 bits per heavy atom. The molecule has 0 aliphatic rings. The number of nitrogen functional groups attached to an aromatic ring is 1. The molecule has 1 rings (SSSR count). The fraction of sp³-hybridized carbons (Fsp3) is 0.333. The third-order valence-corrected chi connectivity index (χ3v) is 1.95. The number of rotatable bonds is 3. The molecule has 88 valence electrons. The summed E-state index contributed by atoms with van der Waals surface area (Å²) in [5, 5.41) is 4.86. The fourth-order valence-electron chi connectivity index (χ4n) is 1.07. The summed E-state index contributed by atoms with van der Waals surface area (Å²) in [6, 6.07) is -0.0850. The molecule has 0 saturated heterocycles. The van der Waals surface area contributed by atoms with Crippen molar-refractivity contribution in [3.8, 4) is 0 Å². The van der Waals surface area contributed by atoms with E-state index in [9.17, 15) is 13.6 Å². The molecule has 1 heterocycles. The van der Waals surface area contributed by atoms with Crippen LogP contribution in [0.15, 0.2) is 6.07 Å². The number of anilines is 2. The number of hydrogen-bond acceptors (Lipinski definition) is 4. The van der Waals surface area contributed by atoms with E-state index in [0.717, 1.165) is 0 Å². The molecule has 4 N–H and O–H groups in total. The summed E-state index contributed by atoms with van der Waals surface area (Å²) < 4.78 is 26.0. The van der Waals surface area contributed by atoms with Gasteiger partial charge < -0.3 is 16.4 Å². The summed E-state index contributed by atoms with van der Waals surface area (Å²) >= 11 is 0. The third-order valence-electron chi connectivity index (χ3n) is 1.95. The van der Waals surface area contributed by atoms with E-state index < -0.39 is 23.5 Å². The summed E-state index contributed by atoms with van der Waals surface area (Å²) in [5.41, 5.74) is 5.18. The zero-order chi connectivity index (χ0) is 12.3. The lowest BCUT2D eigenvalue weighted by Gasteiger charge is -2.13. The smallest absolute Gasteiger partial charge is 0.241 e. The molecular formula is C9H12F2N4O. The molecule has 0 fully saturated rings. The maximum atomic E-state index is 13.2. The van der Waals surface area contributed by atoms with Gasteiger partial charge in [-0.05, 0) is 6.92 Å². The van der Waals surface area contributed by atoms with E-state index in [-0.39, 0.29) is 11.7 Å². The highest BCUT2D eigenvalue weighted by Crippen LogP contribution is 2.17. The third kappa shape index (κ3) is 2.56. The van der Waals surface area contributed by atoms with E-state index in [0.29, 0.717) is 6.07 Å². The number of nitrogens with one attached hydrogen (secondary N) is 2. The second kappa shape index (κ2) is 4.73. The molecule has 1 unspecified atom stereocenters. The molecule has 7 heteroatoms. The average molecular weight is 230 g/mol. The topological polar surface area (TPSA) is 80.0 Å². The van der Waals surface area contributed by atoms with Crippen LogP contribution in [-0.4, -0.2) is 24.0 Å². The maximum absolute atomic E-state index is 13.2. The predicted molar refractivity (Wildman–Crippen MR) is 55.7 cm³/mol. The van der Waals surface area contributed by atoms with Gasteiger partial charge in [-0.25, -0.2) is 13.8 Å². The molecule has 1 amide bonds. The number of amides is 1. The predicted octanol–water partition coefficient (Wildman–Crippen LogP) is 0.488. The number of carbonyl (C=O) groups excluding carboxylic acids is 1. The number of halogens is 2. The number of pyridine rings is 1. The molecule has 0 bridgehead atoms. The van der Waals surface area contributed by atoms with Crippen molar-refractivity contribution < 1.29 is 13.6 Å². The van der Waals surface area contributed by atoms with Gasteiger partial charge in [0.2, 0.25) is 5.91 Å². The van der Waals surface area contributed by atoms with Crippen molar-refractivity contribution in [1.82, 2.24) is 10.3 Å². The molecule has 1 aromatic rings. The second-order valence-electron chi connectivity index (χ2n) is 3.17. The van der Waals surface area contributed by atoms with Crippen LogP contribution >= 0.6 is 0 Å². The summed E-state index contributed by atoms with van der Waals surface area (Å²) in [6.07, 6.45) is 0. The van der Waals surface area contributed by atoms with Crippen LogP contribution in [0.5, 0.6) is 0 Å². The molecule has 0 aliphatic carbocycles. The van der Waals surface area contributed by atoms with Gasteiger partial charge in [-0.3, -0.25) is 4.79 Å². The lowest BCUT2D eigenvalue weighted by atomic mass is 10.3. The Balaban J connectivity index is 2.89. The highest BCUT2D eigenvalue weighted by atomic mass is 19.1. The number of aromatic nitrogens is 1. The normalized spacial score (nSPS) is 12.0. The fourth-order valence-corrected chi connectivity index (χ4v) is 1.07. The van der Waals surface area contributed by atoms with Crippen molar-refractivity contribution in [3.63, 3.8) is 0 Å². The largest absolute Gasteiger partial charge is 0.381 e. The molecule has 0 aromatic carbocycles. The minimum absolute atomic E-state index is 0.255. The summed E-state index contributed by atoms with van der Waals surface area (Å²) in [5.74, 6) is -2.86. The Morgan fingerprint density at radius 1 is 1.50 bits per heavy atom. The molecule has 1 atom stereocenters. The van der Waals surface area contributed by atoms with Gasteiger partial charge in [-0.1, -0.05) is 0 Å². The zero-order valence-electron chi connectivity index (χ0n) is 8.84. The minimum Gasteiger partial charge on any atom is -0.381 e. The standard InChI is InChI=1S/C9H12F2N4O/c1-4(9(16)13-2)14-8-6(11)3-5(10)7(12)15-8/h3-4H,1-2H3,(H,13,16)(H3,12,14,15). The van der Waals surface area contributed by atoms with Crippen molar-refractivity contribution in [3.05, 3.63) is 17.7 Å². The van der Waals surface area contributed by atoms with E-state index >= 15 is 0 Å². The molecule has 0 aliphatic heterocycles. The van der Waals surface area contributed by atoms with Crippen LogP contribution in [0.1, 0.15) is 6.92 Å². The van der Waals surface area contributed by atoms with Crippen LogP contribution in [0.4, 0.5) is 20.4 Å². The first-order valence-corrected chi connectivity index (χ1v) is 4.55. The Kier molecular flexibility index (Phi) is 3.60. The second-order valence-corrected chi connectivity index (χ2v) is 3.17. The number of nitrogens with two attached hydrogens (primary N) is 1. The first-order chi connectivity index (χ1) is 7.45. The van der Waals surface area contributed by atoms with Crippen LogP contribution in [0.25, 0.3) is 0 Å². The van der Waals surface area contributed by atoms with E-state index in [2.05, 4.69) is 15.6 Å². The van der Waals surface area contributed by atoms with E-state index in [1.807, 2.05) is 0 Å². The monoisotopic (exact) mass is 230 g/mol. The first kappa shape index (κ1) is 12.2. The van der Waals surface area contributed by atoms with Crippen molar-refractivity contribution >= 4 is 17.5 Å². The number of carbonyl (C=O) groups is 1. The van der Waals surface area contributed by atoms with Gasteiger partial charge in [0.1, 0.15) is 6.04 Å². The Hall–Kier alpha value is -1.92. The lowest BCUT2D eigenvalue weighted by molar-refractivity contribution is -0.121. The molecule has 0 spiro atoms. The van der Waals surface area contributed by atoms with Crippen LogP contribution < -0.4 is 16.4 Å². The molecule has 0 radical (unpaired) electrons. The lowest BCUT2D eigenvalue weighted by Crippen LogP contribution is -2.35. The molecule has 5 nitrogen and oxygen atoms in total. The van der Waals surface area contributed by atoms with Gasteiger partial charge in [0.15, 0.2) is 23.3 Å². The summed E-state index contributed by atoms with van der Waals surface area (Å²) in [7, 11) is 1.45. The SMILES string of the molecule is CNC(=O)C(C)Nc1nc(N)c(F)cc1F. The van der Waals surface area contributed by atoms with Gasteiger partial charge in [0, 0.05) is 13.1 Å². The maximum Gasteiger partial charge on any atom is 0.241 e. The summed E-state index contributed by atoms with van der Waals surface area (Å²) in [4.78, 5) is 14.6. The van der Waals surface area contributed by atoms with E-state index in [4.69, 9.17) is 5.73 Å². The Bertz CT molecular complexity index is 411. The molecular weight excluding hydrogens is 218 g/mol. The summed E-state index contributed by atoms with van der Waals surface area (Å²) in [6.45, 7) is 1.51. The number of likely N-dealkylation sites (N-methyl/N-ethyl adjacent to an activating group) is 1. The van der Waals surface area contributed by atoms with Gasteiger partial charge in [0.05, 0.1) is 0 Å². The van der Waals surface area contributed by atoms with Crippen LogP contribution in [-0.2, 0) is 4.79 Å². The number of nitrogens with zero attached hydrogens (tertiary/aromatic N) is 1. The molecule has 16 heavy (non-hydrogen) atoms. The van der Waals surface area contributed by atoms with Crippen LogP contribution in [0.3, 0.4) is 0 Å². The minimum atomic E-state index is -0.935. The number of hydrogen-bond donors (Lipinski definition) is 3. The quantitative estimate of drug-likeness (QED) is 0.706. The molecule has 0 saturated carbocycles. The van der Waals surface area contributed by atoms with E-state index in [1.165, 1.54) is 14.0 Å². The highest BCUT2D eigenvalue weighted by Gasteiger charge is 2.15. The average Bonchev–Trinajstić information content (AvgIpc) is 2.24.